The molecule has 1 aromatic carbocycles. The third-order valence-electron chi connectivity index (χ3n) is 6.70. The van der Waals surface area contributed by atoms with Crippen molar-refractivity contribution in [3.05, 3.63) is 41.5 Å². The van der Waals surface area contributed by atoms with Gasteiger partial charge in [-0.15, -0.1) is 24.8 Å². The Bertz CT molecular complexity index is 642. The topological polar surface area (TPSA) is 35.5 Å². The van der Waals surface area contributed by atoms with Crippen molar-refractivity contribution < 1.29 is 5.11 Å². The van der Waals surface area contributed by atoms with E-state index in [0.717, 1.165) is 18.9 Å². The van der Waals surface area contributed by atoms with Gasteiger partial charge in [-0.1, -0.05) is 62.8 Å². The standard InChI is InChI=1S/C25H40N2O.2ClH/c1-5-20(15-19-9-7-6-8-10-19)23-16-24(23)26-21-11-13-22(14-12-21)27(4)17-25(2,3)18-28;;/h6-10,15,21-24,26,28H,5,11-14,16-18H2,1-4H3;2*1H/b20-15+;;/t21?,22?,23-,24+;;/m0../s1. The molecular formula is C25H42Cl2N2O. The van der Waals surface area contributed by atoms with Gasteiger partial charge in [0.15, 0.2) is 0 Å². The average molecular weight is 458 g/mol. The van der Waals surface area contributed by atoms with Gasteiger partial charge in [-0.2, -0.15) is 0 Å². The van der Waals surface area contributed by atoms with Crippen molar-refractivity contribution >= 4 is 30.9 Å². The van der Waals surface area contributed by atoms with Gasteiger partial charge in [0.25, 0.3) is 0 Å². The molecule has 1 aromatic rings. The van der Waals surface area contributed by atoms with Crippen LogP contribution in [0.1, 0.15) is 64.9 Å². The van der Waals surface area contributed by atoms with Gasteiger partial charge in [0.1, 0.15) is 0 Å². The molecule has 0 aromatic heterocycles. The molecule has 172 valence electrons. The van der Waals surface area contributed by atoms with E-state index < -0.39 is 0 Å². The normalized spacial score (nSPS) is 26.7. The highest BCUT2D eigenvalue weighted by molar-refractivity contribution is 5.85. The summed E-state index contributed by atoms with van der Waals surface area (Å²) in [5.41, 5.74) is 2.93. The van der Waals surface area contributed by atoms with Gasteiger partial charge in [0, 0.05) is 36.7 Å². The zero-order valence-corrected chi connectivity index (χ0v) is 20.8. The zero-order chi connectivity index (χ0) is 20.1. The van der Waals surface area contributed by atoms with Crippen LogP contribution in [-0.4, -0.2) is 48.3 Å². The summed E-state index contributed by atoms with van der Waals surface area (Å²) in [6, 6.07) is 12.8. The maximum absolute atomic E-state index is 9.53. The quantitative estimate of drug-likeness (QED) is 0.509. The van der Waals surface area contributed by atoms with Crippen molar-refractivity contribution in [1.82, 2.24) is 10.2 Å². The molecule has 0 saturated heterocycles. The van der Waals surface area contributed by atoms with Gasteiger partial charge in [0.05, 0.1) is 0 Å². The van der Waals surface area contributed by atoms with Crippen LogP contribution in [0.15, 0.2) is 35.9 Å². The number of nitrogens with one attached hydrogen (secondary N) is 1. The maximum atomic E-state index is 9.53. The molecule has 5 heteroatoms. The van der Waals surface area contributed by atoms with Crippen molar-refractivity contribution in [2.75, 3.05) is 20.2 Å². The van der Waals surface area contributed by atoms with E-state index in [1.807, 2.05) is 0 Å². The Hall–Kier alpha value is -0.580. The molecule has 0 bridgehead atoms. The molecule has 2 aliphatic carbocycles. The van der Waals surface area contributed by atoms with Crippen LogP contribution in [0, 0.1) is 11.3 Å². The summed E-state index contributed by atoms with van der Waals surface area (Å²) in [7, 11) is 2.23. The van der Waals surface area contributed by atoms with Crippen LogP contribution in [0.25, 0.3) is 6.08 Å². The van der Waals surface area contributed by atoms with Crippen molar-refractivity contribution in [3.8, 4) is 0 Å². The lowest BCUT2D eigenvalue weighted by Gasteiger charge is -2.38. The summed E-state index contributed by atoms with van der Waals surface area (Å²) >= 11 is 0. The van der Waals surface area contributed by atoms with E-state index in [1.165, 1.54) is 37.7 Å². The first-order valence-corrected chi connectivity index (χ1v) is 11.2. The van der Waals surface area contributed by atoms with E-state index in [2.05, 4.69) is 74.4 Å². The molecule has 0 aliphatic heterocycles. The smallest absolute Gasteiger partial charge is 0.0494 e. The minimum absolute atomic E-state index is 0. The molecule has 2 saturated carbocycles. The predicted molar refractivity (Wildman–Crippen MR) is 134 cm³/mol. The number of rotatable bonds is 9. The third-order valence-corrected chi connectivity index (χ3v) is 6.70. The number of hydrogen-bond acceptors (Lipinski definition) is 3. The summed E-state index contributed by atoms with van der Waals surface area (Å²) in [6.07, 6.45) is 9.96. The summed E-state index contributed by atoms with van der Waals surface area (Å²) in [4.78, 5) is 2.48. The predicted octanol–water partition coefficient (Wildman–Crippen LogP) is 5.56. The zero-order valence-electron chi connectivity index (χ0n) is 19.1. The largest absolute Gasteiger partial charge is 0.396 e. The molecule has 2 atom stereocenters. The third kappa shape index (κ3) is 7.84. The Morgan fingerprint density at radius 1 is 1.13 bits per heavy atom. The van der Waals surface area contributed by atoms with E-state index in [-0.39, 0.29) is 36.8 Å². The summed E-state index contributed by atoms with van der Waals surface area (Å²) in [5, 5.41) is 13.5. The lowest BCUT2D eigenvalue weighted by atomic mass is 9.88. The van der Waals surface area contributed by atoms with Gasteiger partial charge < -0.3 is 15.3 Å². The molecular weight excluding hydrogens is 415 g/mol. The summed E-state index contributed by atoms with van der Waals surface area (Å²) in [5.74, 6) is 0.732. The Labute approximate surface area is 196 Å². The second-order valence-corrected chi connectivity index (χ2v) is 9.84. The highest BCUT2D eigenvalue weighted by atomic mass is 35.5. The first-order chi connectivity index (χ1) is 13.4. The highest BCUT2D eigenvalue weighted by Crippen LogP contribution is 2.41. The molecule has 30 heavy (non-hydrogen) atoms. The Balaban J connectivity index is 0.00000225. The molecule has 0 heterocycles. The van der Waals surface area contributed by atoms with E-state index in [0.29, 0.717) is 18.1 Å². The van der Waals surface area contributed by atoms with E-state index in [1.54, 1.807) is 5.57 Å². The SMILES string of the molecule is CC/C(=C\c1ccccc1)[C@@H]1C[C@H]1NC1CCC(N(C)CC(C)(C)CO)CC1.Cl.Cl. The molecule has 0 radical (unpaired) electrons. The minimum Gasteiger partial charge on any atom is -0.396 e. The van der Waals surface area contributed by atoms with Crippen LogP contribution in [0.3, 0.4) is 0 Å². The minimum atomic E-state index is -0.00722. The van der Waals surface area contributed by atoms with Crippen molar-refractivity contribution in [1.29, 1.82) is 0 Å². The lowest BCUT2D eigenvalue weighted by molar-refractivity contribution is 0.0794. The maximum Gasteiger partial charge on any atom is 0.0494 e. The first-order valence-electron chi connectivity index (χ1n) is 11.2. The molecule has 0 amide bonds. The monoisotopic (exact) mass is 456 g/mol. The fourth-order valence-corrected chi connectivity index (χ4v) is 4.86. The van der Waals surface area contributed by atoms with Crippen molar-refractivity contribution in [2.24, 2.45) is 11.3 Å². The molecule has 2 N–H and O–H groups in total. The van der Waals surface area contributed by atoms with Gasteiger partial charge in [-0.3, -0.25) is 0 Å². The van der Waals surface area contributed by atoms with Crippen LogP contribution >= 0.6 is 24.8 Å². The van der Waals surface area contributed by atoms with E-state index >= 15 is 0 Å². The second-order valence-electron chi connectivity index (χ2n) is 9.84. The number of halogens is 2. The molecule has 3 nitrogen and oxygen atoms in total. The molecule has 0 unspecified atom stereocenters. The molecule has 3 rings (SSSR count). The van der Waals surface area contributed by atoms with Crippen LogP contribution in [0.5, 0.6) is 0 Å². The number of nitrogens with zero attached hydrogens (tertiary/aromatic N) is 1. The molecule has 2 fully saturated rings. The van der Waals surface area contributed by atoms with Crippen LogP contribution in [0.2, 0.25) is 0 Å². The van der Waals surface area contributed by atoms with Gasteiger partial charge in [-0.05, 0) is 57.1 Å². The second kappa shape index (κ2) is 12.5. The molecule has 0 spiro atoms. The lowest BCUT2D eigenvalue weighted by Crippen LogP contribution is -2.45. The summed E-state index contributed by atoms with van der Waals surface area (Å²) < 4.78 is 0. The van der Waals surface area contributed by atoms with Gasteiger partial charge in [-0.25, -0.2) is 0 Å². The first kappa shape index (κ1) is 27.5. The van der Waals surface area contributed by atoms with Crippen LogP contribution in [0.4, 0.5) is 0 Å². The number of aliphatic hydroxyl groups is 1. The summed E-state index contributed by atoms with van der Waals surface area (Å²) in [6.45, 7) is 7.82. The number of benzene rings is 1. The Morgan fingerprint density at radius 3 is 2.33 bits per heavy atom. The van der Waals surface area contributed by atoms with Crippen molar-refractivity contribution in [2.45, 2.75) is 77.4 Å². The number of aliphatic hydroxyl groups excluding tert-OH is 1. The number of hydrogen-bond donors (Lipinski definition) is 2. The Kier molecular flexibility index (Phi) is 11.4. The van der Waals surface area contributed by atoms with Gasteiger partial charge in [0.2, 0.25) is 0 Å². The van der Waals surface area contributed by atoms with Gasteiger partial charge >= 0.3 is 0 Å². The van der Waals surface area contributed by atoms with E-state index in [9.17, 15) is 5.11 Å². The van der Waals surface area contributed by atoms with Crippen molar-refractivity contribution in [3.63, 3.8) is 0 Å². The Morgan fingerprint density at radius 2 is 1.77 bits per heavy atom. The fraction of sp³-hybridized carbons (Fsp3) is 0.680. The molecule has 2 aliphatic rings. The fourth-order valence-electron chi connectivity index (χ4n) is 4.86. The highest BCUT2D eigenvalue weighted by Gasteiger charge is 2.40. The van der Waals surface area contributed by atoms with Crippen LogP contribution < -0.4 is 5.32 Å². The van der Waals surface area contributed by atoms with E-state index in [4.69, 9.17) is 0 Å². The average Bonchev–Trinajstić information content (AvgIpc) is 3.46. The van der Waals surface area contributed by atoms with Crippen LogP contribution in [-0.2, 0) is 0 Å².